The average Bonchev–Trinajstić information content (AvgIpc) is 2.56. The van der Waals surface area contributed by atoms with Crippen molar-refractivity contribution in [2.75, 3.05) is 25.0 Å². The van der Waals surface area contributed by atoms with E-state index in [1.165, 1.54) is 23.1 Å². The third-order valence-corrected chi connectivity index (χ3v) is 3.68. The first-order valence-electron chi connectivity index (χ1n) is 7.77. The highest BCUT2D eigenvalue weighted by Gasteiger charge is 2.29. The lowest BCUT2D eigenvalue weighted by Gasteiger charge is -2.31. The summed E-state index contributed by atoms with van der Waals surface area (Å²) in [4.78, 5) is 25.7. The number of alkyl halides is 2. The van der Waals surface area contributed by atoms with Crippen molar-refractivity contribution in [1.82, 2.24) is 4.90 Å². The summed E-state index contributed by atoms with van der Waals surface area (Å²) >= 11 is 0. The first-order valence-corrected chi connectivity index (χ1v) is 7.77. The number of para-hydroxylation sites is 2. The van der Waals surface area contributed by atoms with Crippen LogP contribution in [0.4, 0.5) is 19.3 Å². The molecule has 1 aromatic rings. The van der Waals surface area contributed by atoms with E-state index in [1.807, 2.05) is 0 Å². The maximum atomic E-state index is 12.4. The Morgan fingerprint density at radius 2 is 2.12 bits per heavy atom. The molecule has 1 aromatic carbocycles. The zero-order chi connectivity index (χ0) is 17.5. The number of piperidine rings is 1. The molecule has 1 heterocycles. The van der Waals surface area contributed by atoms with Gasteiger partial charge in [-0.2, -0.15) is 8.78 Å². The molecule has 2 rings (SSSR count). The average molecular weight is 342 g/mol. The Labute approximate surface area is 138 Å². The normalized spacial score (nSPS) is 17.5. The summed E-state index contributed by atoms with van der Waals surface area (Å²) < 4.78 is 34.2. The largest absolute Gasteiger partial charge is 0.450 e. The molecule has 0 aromatic heterocycles. The predicted octanol–water partition coefficient (Wildman–Crippen LogP) is 3.10. The summed E-state index contributed by atoms with van der Waals surface area (Å²) in [6, 6.07) is 5.99. The van der Waals surface area contributed by atoms with Crippen molar-refractivity contribution >= 4 is 17.7 Å². The van der Waals surface area contributed by atoms with Crippen molar-refractivity contribution in [2.45, 2.75) is 26.4 Å². The smallest absolute Gasteiger partial charge is 0.409 e. The number of amides is 2. The van der Waals surface area contributed by atoms with Gasteiger partial charge in [-0.3, -0.25) is 4.79 Å². The molecule has 1 unspecified atom stereocenters. The Morgan fingerprint density at radius 3 is 2.83 bits per heavy atom. The number of halogens is 2. The fraction of sp³-hybridized carbons (Fsp3) is 0.500. The van der Waals surface area contributed by atoms with Crippen LogP contribution in [-0.2, 0) is 9.53 Å². The third-order valence-electron chi connectivity index (χ3n) is 3.68. The molecular weight excluding hydrogens is 322 g/mol. The summed E-state index contributed by atoms with van der Waals surface area (Å²) in [5.41, 5.74) is 0.177. The zero-order valence-electron chi connectivity index (χ0n) is 13.3. The standard InChI is InChI=1S/C16H20F2N2O4/c1-2-23-16(22)20-9-5-6-11(10-20)14(21)19-12-7-3-4-8-13(12)24-15(17)18/h3-4,7-8,11,15H,2,5-6,9-10H2,1H3,(H,19,21). The Hall–Kier alpha value is -2.38. The van der Waals surface area contributed by atoms with Gasteiger partial charge in [0.1, 0.15) is 5.75 Å². The summed E-state index contributed by atoms with van der Waals surface area (Å²) in [6.07, 6.45) is 0.836. The van der Waals surface area contributed by atoms with E-state index in [-0.39, 0.29) is 30.5 Å². The Bertz CT molecular complexity index is 583. The number of nitrogens with one attached hydrogen (secondary N) is 1. The number of carbonyl (C=O) groups excluding carboxylic acids is 2. The second-order valence-corrected chi connectivity index (χ2v) is 5.35. The van der Waals surface area contributed by atoms with Gasteiger partial charge in [-0.25, -0.2) is 4.79 Å². The van der Waals surface area contributed by atoms with E-state index in [4.69, 9.17) is 4.74 Å². The van der Waals surface area contributed by atoms with Crippen LogP contribution in [-0.4, -0.2) is 43.2 Å². The van der Waals surface area contributed by atoms with Gasteiger partial charge in [0.05, 0.1) is 18.2 Å². The van der Waals surface area contributed by atoms with Crippen LogP contribution in [0.3, 0.4) is 0 Å². The molecule has 8 heteroatoms. The molecule has 0 saturated carbocycles. The lowest BCUT2D eigenvalue weighted by Crippen LogP contribution is -2.44. The minimum absolute atomic E-state index is 0.0982. The molecule has 1 saturated heterocycles. The summed E-state index contributed by atoms with van der Waals surface area (Å²) in [5, 5.41) is 2.60. The summed E-state index contributed by atoms with van der Waals surface area (Å²) in [6.45, 7) is -0.218. The van der Waals surface area contributed by atoms with Crippen molar-refractivity contribution in [3.63, 3.8) is 0 Å². The fourth-order valence-electron chi connectivity index (χ4n) is 2.58. The molecule has 0 bridgehead atoms. The number of rotatable bonds is 5. The second-order valence-electron chi connectivity index (χ2n) is 5.35. The van der Waals surface area contributed by atoms with Crippen LogP contribution in [0.1, 0.15) is 19.8 Å². The first-order chi connectivity index (χ1) is 11.5. The SMILES string of the molecule is CCOC(=O)N1CCCC(C(=O)Nc2ccccc2OC(F)F)C1. The molecule has 24 heavy (non-hydrogen) atoms. The van der Waals surface area contributed by atoms with Gasteiger partial charge in [0.25, 0.3) is 0 Å². The number of likely N-dealkylation sites (tertiary alicyclic amines) is 1. The van der Waals surface area contributed by atoms with E-state index in [9.17, 15) is 18.4 Å². The highest BCUT2D eigenvalue weighted by atomic mass is 19.3. The lowest BCUT2D eigenvalue weighted by atomic mass is 9.97. The fourth-order valence-corrected chi connectivity index (χ4v) is 2.58. The maximum absolute atomic E-state index is 12.4. The monoisotopic (exact) mass is 342 g/mol. The van der Waals surface area contributed by atoms with E-state index in [1.54, 1.807) is 13.0 Å². The van der Waals surface area contributed by atoms with Crippen molar-refractivity contribution in [3.8, 4) is 5.75 Å². The molecule has 0 radical (unpaired) electrons. The Balaban J connectivity index is 2.00. The molecule has 0 aliphatic carbocycles. The topological polar surface area (TPSA) is 67.9 Å². The third kappa shape index (κ3) is 4.81. The van der Waals surface area contributed by atoms with Crippen LogP contribution < -0.4 is 10.1 Å². The van der Waals surface area contributed by atoms with Gasteiger partial charge < -0.3 is 19.7 Å². The highest BCUT2D eigenvalue weighted by molar-refractivity contribution is 5.94. The molecule has 1 aliphatic heterocycles. The van der Waals surface area contributed by atoms with Crippen molar-refractivity contribution in [1.29, 1.82) is 0 Å². The number of benzene rings is 1. The van der Waals surface area contributed by atoms with Crippen molar-refractivity contribution in [2.24, 2.45) is 5.92 Å². The second kappa shape index (κ2) is 8.47. The molecule has 2 amide bonds. The van der Waals surface area contributed by atoms with Crippen LogP contribution in [0.5, 0.6) is 5.75 Å². The molecule has 1 fully saturated rings. The quantitative estimate of drug-likeness (QED) is 0.893. The van der Waals surface area contributed by atoms with E-state index in [0.29, 0.717) is 19.4 Å². The highest BCUT2D eigenvalue weighted by Crippen LogP contribution is 2.27. The molecule has 0 spiro atoms. The van der Waals surface area contributed by atoms with E-state index in [2.05, 4.69) is 10.1 Å². The number of hydrogen-bond acceptors (Lipinski definition) is 4. The Kier molecular flexibility index (Phi) is 6.34. The van der Waals surface area contributed by atoms with Gasteiger partial charge in [-0.1, -0.05) is 12.1 Å². The molecular formula is C16H20F2N2O4. The number of nitrogens with zero attached hydrogens (tertiary/aromatic N) is 1. The number of carbonyl (C=O) groups is 2. The van der Waals surface area contributed by atoms with E-state index >= 15 is 0 Å². The number of ether oxygens (including phenoxy) is 2. The Morgan fingerprint density at radius 1 is 1.38 bits per heavy atom. The summed E-state index contributed by atoms with van der Waals surface area (Å²) in [5.74, 6) is -0.865. The molecule has 1 N–H and O–H groups in total. The van der Waals surface area contributed by atoms with Gasteiger partial charge in [0.2, 0.25) is 5.91 Å². The van der Waals surface area contributed by atoms with Gasteiger partial charge in [0.15, 0.2) is 0 Å². The van der Waals surface area contributed by atoms with Gasteiger partial charge >= 0.3 is 12.7 Å². The maximum Gasteiger partial charge on any atom is 0.409 e. The minimum Gasteiger partial charge on any atom is -0.450 e. The first kappa shape index (κ1) is 18.0. The van der Waals surface area contributed by atoms with E-state index < -0.39 is 18.6 Å². The van der Waals surface area contributed by atoms with Gasteiger partial charge in [0, 0.05) is 13.1 Å². The number of anilines is 1. The van der Waals surface area contributed by atoms with Crippen LogP contribution in [0.2, 0.25) is 0 Å². The molecule has 6 nitrogen and oxygen atoms in total. The molecule has 1 aliphatic rings. The summed E-state index contributed by atoms with van der Waals surface area (Å²) in [7, 11) is 0. The van der Waals surface area contributed by atoms with Crippen LogP contribution in [0, 0.1) is 5.92 Å². The minimum atomic E-state index is -2.97. The molecule has 1 atom stereocenters. The van der Waals surface area contributed by atoms with Gasteiger partial charge in [-0.15, -0.1) is 0 Å². The van der Waals surface area contributed by atoms with Crippen molar-refractivity contribution < 1.29 is 27.8 Å². The number of hydrogen-bond donors (Lipinski definition) is 1. The zero-order valence-corrected chi connectivity index (χ0v) is 13.3. The van der Waals surface area contributed by atoms with Crippen LogP contribution >= 0.6 is 0 Å². The predicted molar refractivity (Wildman–Crippen MR) is 83.0 cm³/mol. The van der Waals surface area contributed by atoms with Crippen LogP contribution in [0.15, 0.2) is 24.3 Å². The van der Waals surface area contributed by atoms with Gasteiger partial charge in [-0.05, 0) is 31.9 Å². The van der Waals surface area contributed by atoms with Crippen molar-refractivity contribution in [3.05, 3.63) is 24.3 Å². The van der Waals surface area contributed by atoms with Crippen LogP contribution in [0.25, 0.3) is 0 Å². The lowest BCUT2D eigenvalue weighted by molar-refractivity contribution is -0.121. The van der Waals surface area contributed by atoms with E-state index in [0.717, 1.165) is 0 Å². The molecule has 132 valence electrons.